The van der Waals surface area contributed by atoms with Gasteiger partial charge in [-0.15, -0.1) is 5.10 Å². The van der Waals surface area contributed by atoms with Gasteiger partial charge in [0.1, 0.15) is 0 Å². The highest BCUT2D eigenvalue weighted by Crippen LogP contribution is 2.21. The third-order valence-corrected chi connectivity index (χ3v) is 4.24. The van der Waals surface area contributed by atoms with E-state index < -0.39 is 0 Å². The van der Waals surface area contributed by atoms with Gasteiger partial charge < -0.3 is 10.2 Å². The number of rotatable bonds is 6. The summed E-state index contributed by atoms with van der Waals surface area (Å²) >= 11 is 0. The van der Waals surface area contributed by atoms with Gasteiger partial charge in [0.2, 0.25) is 0 Å². The quantitative estimate of drug-likeness (QED) is 0.873. The molecule has 1 aliphatic rings. The first-order valence-corrected chi connectivity index (χ1v) is 8.82. The molecule has 0 aliphatic carbocycles. The molecule has 1 saturated heterocycles. The number of piperidine rings is 1. The van der Waals surface area contributed by atoms with Gasteiger partial charge in [-0.05, 0) is 44.7 Å². The van der Waals surface area contributed by atoms with Crippen molar-refractivity contribution in [2.45, 2.75) is 53.5 Å². The van der Waals surface area contributed by atoms with Crippen molar-refractivity contribution in [3.63, 3.8) is 0 Å². The van der Waals surface area contributed by atoms with E-state index in [2.05, 4.69) is 43.3 Å². The van der Waals surface area contributed by atoms with Crippen LogP contribution in [0.3, 0.4) is 0 Å². The number of nitrogens with zero attached hydrogens (tertiary/aromatic N) is 4. The Balaban J connectivity index is 2.18. The van der Waals surface area contributed by atoms with E-state index >= 15 is 0 Å². The molecule has 2 rings (SSSR count). The van der Waals surface area contributed by atoms with Crippen molar-refractivity contribution < 1.29 is 4.79 Å². The smallest absolute Gasteiger partial charge is 0.276 e. The van der Waals surface area contributed by atoms with Crippen LogP contribution in [0.25, 0.3) is 0 Å². The summed E-state index contributed by atoms with van der Waals surface area (Å²) in [5.41, 5.74) is 1.42. The highest BCUT2D eigenvalue weighted by molar-refractivity contribution is 5.93. The molecule has 1 fully saturated rings. The Morgan fingerprint density at radius 1 is 1.22 bits per heavy atom. The maximum absolute atomic E-state index is 12.9. The summed E-state index contributed by atoms with van der Waals surface area (Å²) in [5.74, 6) is 0.903. The zero-order valence-corrected chi connectivity index (χ0v) is 15.2. The molecule has 0 atom stereocenters. The Morgan fingerprint density at radius 3 is 2.30 bits per heavy atom. The van der Waals surface area contributed by atoms with Crippen LogP contribution in [0.1, 0.15) is 62.8 Å². The summed E-state index contributed by atoms with van der Waals surface area (Å²) in [6, 6.07) is 0.356. The molecule has 0 bridgehead atoms. The summed E-state index contributed by atoms with van der Waals surface area (Å²) in [7, 11) is 0. The van der Waals surface area contributed by atoms with Gasteiger partial charge >= 0.3 is 0 Å². The van der Waals surface area contributed by atoms with Gasteiger partial charge in [0.25, 0.3) is 5.91 Å². The van der Waals surface area contributed by atoms with E-state index in [-0.39, 0.29) is 5.91 Å². The van der Waals surface area contributed by atoms with Crippen LogP contribution >= 0.6 is 0 Å². The van der Waals surface area contributed by atoms with Gasteiger partial charge in [-0.1, -0.05) is 32.9 Å². The number of carbonyl (C=O) groups excluding carboxylic acids is 1. The van der Waals surface area contributed by atoms with Crippen LogP contribution in [0.5, 0.6) is 0 Å². The molecule has 6 nitrogen and oxygen atoms in total. The van der Waals surface area contributed by atoms with Crippen LogP contribution in [0.2, 0.25) is 0 Å². The third kappa shape index (κ3) is 4.53. The van der Waals surface area contributed by atoms with Crippen LogP contribution in [-0.2, 0) is 0 Å². The fourth-order valence-corrected chi connectivity index (χ4v) is 3.21. The van der Waals surface area contributed by atoms with Gasteiger partial charge in [-0.25, -0.2) is 4.68 Å². The molecule has 1 aliphatic heterocycles. The van der Waals surface area contributed by atoms with Crippen molar-refractivity contribution in [2.75, 3.05) is 26.2 Å². The second-order valence-electron chi connectivity index (χ2n) is 7.45. The predicted octanol–water partition coefficient (Wildman–Crippen LogP) is 2.27. The van der Waals surface area contributed by atoms with Gasteiger partial charge in [-0.2, -0.15) is 0 Å². The number of nitrogens with one attached hydrogen (secondary N) is 1. The highest BCUT2D eigenvalue weighted by Gasteiger charge is 2.26. The minimum atomic E-state index is 0.0186. The average Bonchev–Trinajstić information content (AvgIpc) is 2.87. The number of carbonyl (C=O) groups is 1. The third-order valence-electron chi connectivity index (χ3n) is 4.24. The zero-order valence-electron chi connectivity index (χ0n) is 15.2. The van der Waals surface area contributed by atoms with Crippen LogP contribution in [0.4, 0.5) is 0 Å². The number of amides is 1. The summed E-state index contributed by atoms with van der Waals surface area (Å²) in [4.78, 5) is 14.9. The standard InChI is InChI=1S/C17H31N5O/c1-12(2)10-21(11-13(3)4)17(23)16-14(5)22(20-19-16)15-6-8-18-9-7-15/h12-13,15,18H,6-11H2,1-5H3. The van der Waals surface area contributed by atoms with Crippen molar-refractivity contribution in [3.8, 4) is 0 Å². The lowest BCUT2D eigenvalue weighted by Crippen LogP contribution is -2.37. The molecule has 0 unspecified atom stereocenters. The number of aromatic nitrogens is 3. The number of hydrogen-bond acceptors (Lipinski definition) is 4. The Kier molecular flexibility index (Phi) is 6.16. The van der Waals surface area contributed by atoms with Gasteiger partial charge in [-0.3, -0.25) is 4.79 Å². The topological polar surface area (TPSA) is 63.1 Å². The molecular weight excluding hydrogens is 290 g/mol. The van der Waals surface area contributed by atoms with Gasteiger partial charge in [0.05, 0.1) is 11.7 Å². The molecule has 1 aromatic rings. The molecule has 130 valence electrons. The molecule has 23 heavy (non-hydrogen) atoms. The van der Waals surface area contributed by atoms with E-state index in [1.54, 1.807) is 0 Å². The zero-order chi connectivity index (χ0) is 17.0. The monoisotopic (exact) mass is 321 g/mol. The van der Waals surface area contributed by atoms with Crippen LogP contribution in [0.15, 0.2) is 0 Å². The second-order valence-corrected chi connectivity index (χ2v) is 7.45. The van der Waals surface area contributed by atoms with E-state index in [1.807, 2.05) is 16.5 Å². The van der Waals surface area contributed by atoms with Crippen LogP contribution in [-0.4, -0.2) is 52.0 Å². The van der Waals surface area contributed by atoms with Crippen molar-refractivity contribution in [3.05, 3.63) is 11.4 Å². The molecule has 1 aromatic heterocycles. The molecule has 0 saturated carbocycles. The molecule has 1 amide bonds. The Hall–Kier alpha value is -1.43. The van der Waals surface area contributed by atoms with Crippen molar-refractivity contribution >= 4 is 5.91 Å². The largest absolute Gasteiger partial charge is 0.337 e. The van der Waals surface area contributed by atoms with E-state index in [1.165, 1.54) is 0 Å². The van der Waals surface area contributed by atoms with E-state index in [0.29, 0.717) is 23.6 Å². The lowest BCUT2D eigenvalue weighted by Gasteiger charge is -2.26. The first-order valence-electron chi connectivity index (χ1n) is 8.82. The van der Waals surface area contributed by atoms with Crippen molar-refractivity contribution in [1.29, 1.82) is 0 Å². The predicted molar refractivity (Wildman–Crippen MR) is 91.5 cm³/mol. The highest BCUT2D eigenvalue weighted by atomic mass is 16.2. The summed E-state index contributed by atoms with van der Waals surface area (Å²) in [6.07, 6.45) is 2.08. The molecule has 0 radical (unpaired) electrons. The Bertz CT molecular complexity index is 507. The fraction of sp³-hybridized carbons (Fsp3) is 0.824. The van der Waals surface area contributed by atoms with E-state index in [9.17, 15) is 4.79 Å². The lowest BCUT2D eigenvalue weighted by molar-refractivity contribution is 0.0708. The first kappa shape index (κ1) is 17.9. The molecule has 0 spiro atoms. The minimum absolute atomic E-state index is 0.0186. The normalized spacial score (nSPS) is 16.3. The van der Waals surface area contributed by atoms with E-state index in [4.69, 9.17) is 0 Å². The molecular formula is C17H31N5O. The maximum atomic E-state index is 12.9. The first-order chi connectivity index (χ1) is 10.9. The van der Waals surface area contributed by atoms with Gasteiger partial charge in [0, 0.05) is 13.1 Å². The van der Waals surface area contributed by atoms with Crippen molar-refractivity contribution in [2.24, 2.45) is 11.8 Å². The van der Waals surface area contributed by atoms with Crippen LogP contribution in [0, 0.1) is 18.8 Å². The lowest BCUT2D eigenvalue weighted by atomic mass is 10.1. The van der Waals surface area contributed by atoms with Gasteiger partial charge in [0.15, 0.2) is 5.69 Å². The van der Waals surface area contributed by atoms with Crippen LogP contribution < -0.4 is 5.32 Å². The fourth-order valence-electron chi connectivity index (χ4n) is 3.21. The minimum Gasteiger partial charge on any atom is -0.337 e. The molecule has 1 N–H and O–H groups in total. The SMILES string of the molecule is Cc1c(C(=O)N(CC(C)C)CC(C)C)nnn1C1CCNCC1. The summed E-state index contributed by atoms with van der Waals surface area (Å²) < 4.78 is 1.96. The second kappa shape index (κ2) is 7.90. The average molecular weight is 321 g/mol. The summed E-state index contributed by atoms with van der Waals surface area (Å²) in [5, 5.41) is 11.9. The Labute approximate surface area is 139 Å². The Morgan fingerprint density at radius 2 is 1.78 bits per heavy atom. The molecule has 0 aromatic carbocycles. The van der Waals surface area contributed by atoms with E-state index in [0.717, 1.165) is 44.7 Å². The molecule has 2 heterocycles. The maximum Gasteiger partial charge on any atom is 0.276 e. The summed E-state index contributed by atoms with van der Waals surface area (Å²) in [6.45, 7) is 14.0. The van der Waals surface area contributed by atoms with Crippen molar-refractivity contribution in [1.82, 2.24) is 25.2 Å². The number of hydrogen-bond donors (Lipinski definition) is 1. The molecule has 6 heteroatoms.